The molecular formula is C24H28N8O2. The summed E-state index contributed by atoms with van der Waals surface area (Å²) in [5, 5.41) is 14.3. The van der Waals surface area contributed by atoms with Crippen LogP contribution in [0.15, 0.2) is 55.1 Å². The SMILES string of the molecule is CCC[C@@H](CC)Nc1cc(Nc2cc(OC)ccn2)c2ncc(C(=O)Nc3ccncc3)n2n1. The first-order valence-corrected chi connectivity index (χ1v) is 11.2. The molecule has 4 aromatic rings. The average molecular weight is 461 g/mol. The Balaban J connectivity index is 1.73. The molecule has 0 unspecified atom stereocenters. The average Bonchev–Trinajstić information content (AvgIpc) is 3.29. The number of pyridine rings is 2. The normalized spacial score (nSPS) is 11.7. The highest BCUT2D eigenvalue weighted by molar-refractivity contribution is 6.03. The van der Waals surface area contributed by atoms with Gasteiger partial charge in [-0.05, 0) is 31.0 Å². The highest BCUT2D eigenvalue weighted by Crippen LogP contribution is 2.26. The zero-order chi connectivity index (χ0) is 23.9. The quantitative estimate of drug-likeness (QED) is 0.316. The second kappa shape index (κ2) is 10.6. The lowest BCUT2D eigenvalue weighted by atomic mass is 10.1. The Bertz CT molecular complexity index is 1260. The van der Waals surface area contributed by atoms with Crippen molar-refractivity contribution in [2.24, 2.45) is 0 Å². The van der Waals surface area contributed by atoms with E-state index >= 15 is 0 Å². The number of carbonyl (C=O) groups excluding carboxylic acids is 1. The molecule has 0 spiro atoms. The van der Waals surface area contributed by atoms with Gasteiger partial charge in [-0.15, -0.1) is 5.10 Å². The molecule has 0 radical (unpaired) electrons. The fourth-order valence-corrected chi connectivity index (χ4v) is 3.60. The maximum absolute atomic E-state index is 13.0. The maximum atomic E-state index is 13.0. The number of nitrogens with one attached hydrogen (secondary N) is 3. The van der Waals surface area contributed by atoms with Crippen molar-refractivity contribution in [3.63, 3.8) is 0 Å². The molecule has 176 valence electrons. The molecule has 0 aromatic carbocycles. The minimum absolute atomic E-state index is 0.260. The third kappa shape index (κ3) is 5.22. The van der Waals surface area contributed by atoms with E-state index < -0.39 is 0 Å². The highest BCUT2D eigenvalue weighted by Gasteiger charge is 2.18. The Morgan fingerprint density at radius 1 is 1.09 bits per heavy atom. The Kier molecular flexibility index (Phi) is 7.16. The number of amides is 1. The number of hydrogen-bond donors (Lipinski definition) is 3. The number of imidazole rings is 1. The zero-order valence-electron chi connectivity index (χ0n) is 19.4. The number of nitrogens with zero attached hydrogens (tertiary/aromatic N) is 5. The first kappa shape index (κ1) is 23.0. The smallest absolute Gasteiger partial charge is 0.276 e. The van der Waals surface area contributed by atoms with Gasteiger partial charge in [0.05, 0.1) is 19.0 Å². The van der Waals surface area contributed by atoms with Crippen LogP contribution in [-0.2, 0) is 0 Å². The van der Waals surface area contributed by atoms with Crippen LogP contribution in [0.4, 0.5) is 23.0 Å². The van der Waals surface area contributed by atoms with Crippen molar-refractivity contribution in [3.8, 4) is 5.75 Å². The number of anilines is 4. The molecule has 1 atom stereocenters. The molecule has 1 amide bonds. The van der Waals surface area contributed by atoms with E-state index in [1.807, 2.05) is 6.07 Å². The predicted molar refractivity (Wildman–Crippen MR) is 132 cm³/mol. The monoisotopic (exact) mass is 460 g/mol. The van der Waals surface area contributed by atoms with Gasteiger partial charge in [0, 0.05) is 42.5 Å². The van der Waals surface area contributed by atoms with Gasteiger partial charge in [-0.3, -0.25) is 9.78 Å². The molecular weight excluding hydrogens is 432 g/mol. The molecule has 0 aliphatic carbocycles. The molecule has 0 bridgehead atoms. The molecule has 34 heavy (non-hydrogen) atoms. The Labute approximate surface area is 197 Å². The summed E-state index contributed by atoms with van der Waals surface area (Å²) in [6.45, 7) is 4.29. The van der Waals surface area contributed by atoms with Crippen LogP contribution in [0.3, 0.4) is 0 Å². The van der Waals surface area contributed by atoms with E-state index in [1.165, 1.54) is 6.20 Å². The van der Waals surface area contributed by atoms with E-state index in [9.17, 15) is 4.79 Å². The van der Waals surface area contributed by atoms with Crippen molar-refractivity contribution in [1.29, 1.82) is 0 Å². The molecule has 10 nitrogen and oxygen atoms in total. The number of carbonyl (C=O) groups is 1. The summed E-state index contributed by atoms with van der Waals surface area (Å²) in [4.78, 5) is 25.9. The number of ether oxygens (including phenoxy) is 1. The third-order valence-corrected chi connectivity index (χ3v) is 5.35. The lowest BCUT2D eigenvalue weighted by molar-refractivity contribution is 0.102. The summed E-state index contributed by atoms with van der Waals surface area (Å²) in [6, 6.07) is 9.14. The van der Waals surface area contributed by atoms with Crippen LogP contribution in [0, 0.1) is 0 Å². The number of methoxy groups -OCH3 is 1. The first-order chi connectivity index (χ1) is 16.6. The summed E-state index contributed by atoms with van der Waals surface area (Å²) in [5.41, 5.74) is 2.10. The Morgan fingerprint density at radius 2 is 1.91 bits per heavy atom. The number of fused-ring (bicyclic) bond motifs is 1. The molecule has 4 rings (SSSR count). The summed E-state index contributed by atoms with van der Waals surface area (Å²) in [5.74, 6) is 1.57. The van der Waals surface area contributed by atoms with Gasteiger partial charge in [-0.1, -0.05) is 20.3 Å². The topological polar surface area (TPSA) is 118 Å². The largest absolute Gasteiger partial charge is 0.497 e. The van der Waals surface area contributed by atoms with Crippen LogP contribution >= 0.6 is 0 Å². The second-order valence-electron chi connectivity index (χ2n) is 7.76. The van der Waals surface area contributed by atoms with Crippen molar-refractivity contribution < 1.29 is 9.53 Å². The van der Waals surface area contributed by atoms with Crippen molar-refractivity contribution in [1.82, 2.24) is 24.6 Å². The van der Waals surface area contributed by atoms with Crippen LogP contribution < -0.4 is 20.7 Å². The number of rotatable bonds is 10. The van der Waals surface area contributed by atoms with Gasteiger partial charge in [0.15, 0.2) is 11.3 Å². The maximum Gasteiger partial charge on any atom is 0.276 e. The number of hydrogen-bond acceptors (Lipinski definition) is 8. The summed E-state index contributed by atoms with van der Waals surface area (Å²) < 4.78 is 6.85. The molecule has 3 N–H and O–H groups in total. The van der Waals surface area contributed by atoms with Crippen molar-refractivity contribution in [2.45, 2.75) is 39.2 Å². The van der Waals surface area contributed by atoms with Gasteiger partial charge in [0.25, 0.3) is 5.91 Å². The lowest BCUT2D eigenvalue weighted by Gasteiger charge is -2.18. The van der Waals surface area contributed by atoms with Crippen molar-refractivity contribution in [2.75, 3.05) is 23.1 Å². The molecule has 10 heteroatoms. The Morgan fingerprint density at radius 3 is 2.65 bits per heavy atom. The van der Waals surface area contributed by atoms with Gasteiger partial charge < -0.3 is 20.7 Å². The second-order valence-corrected chi connectivity index (χ2v) is 7.76. The van der Waals surface area contributed by atoms with E-state index in [-0.39, 0.29) is 11.9 Å². The van der Waals surface area contributed by atoms with Crippen molar-refractivity contribution in [3.05, 3.63) is 60.8 Å². The summed E-state index contributed by atoms with van der Waals surface area (Å²) in [6.07, 6.45) is 9.42. The minimum atomic E-state index is -0.325. The van der Waals surface area contributed by atoms with Gasteiger partial charge >= 0.3 is 0 Å². The molecule has 0 saturated heterocycles. The molecule has 0 fully saturated rings. The van der Waals surface area contributed by atoms with Crippen LogP contribution in [0.25, 0.3) is 5.65 Å². The van der Waals surface area contributed by atoms with Crippen LogP contribution in [0.5, 0.6) is 5.75 Å². The molecule has 0 aliphatic rings. The highest BCUT2D eigenvalue weighted by atomic mass is 16.5. The Hall–Kier alpha value is -4.21. The van der Waals surface area contributed by atoms with E-state index in [0.29, 0.717) is 40.1 Å². The van der Waals surface area contributed by atoms with Gasteiger partial charge in [-0.25, -0.2) is 14.5 Å². The summed E-state index contributed by atoms with van der Waals surface area (Å²) >= 11 is 0. The van der Waals surface area contributed by atoms with Gasteiger partial charge in [-0.2, -0.15) is 0 Å². The zero-order valence-corrected chi connectivity index (χ0v) is 19.4. The van der Waals surface area contributed by atoms with E-state index in [2.05, 4.69) is 49.8 Å². The van der Waals surface area contributed by atoms with Gasteiger partial charge in [0.1, 0.15) is 17.4 Å². The van der Waals surface area contributed by atoms with Crippen LogP contribution in [0.1, 0.15) is 43.6 Å². The molecule has 4 aromatic heterocycles. The van der Waals surface area contributed by atoms with E-state index in [4.69, 9.17) is 4.74 Å². The molecule has 0 saturated carbocycles. The summed E-state index contributed by atoms with van der Waals surface area (Å²) in [7, 11) is 1.60. The van der Waals surface area contributed by atoms with E-state index in [0.717, 1.165) is 19.3 Å². The standard InChI is InChI=1S/C24H28N8O2/c1-4-6-16(5-2)28-22-14-19(30-21-13-18(34-3)9-12-26-21)23-27-15-20(32(23)31-22)24(33)29-17-7-10-25-11-8-17/h7-16H,4-6H2,1-3H3,(H,26,30)(H,28,31)(H,25,29,33)/t16-/m1/s1. The number of aromatic nitrogens is 5. The molecule has 4 heterocycles. The van der Waals surface area contributed by atoms with Crippen LogP contribution in [-0.4, -0.2) is 43.6 Å². The predicted octanol–water partition coefficient (Wildman–Crippen LogP) is 4.51. The molecule has 0 aliphatic heterocycles. The fourth-order valence-electron chi connectivity index (χ4n) is 3.60. The third-order valence-electron chi connectivity index (χ3n) is 5.35. The lowest BCUT2D eigenvalue weighted by Crippen LogP contribution is -2.21. The first-order valence-electron chi connectivity index (χ1n) is 11.2. The van der Waals surface area contributed by atoms with Crippen LogP contribution in [0.2, 0.25) is 0 Å². The van der Waals surface area contributed by atoms with E-state index in [1.54, 1.807) is 54.5 Å². The minimum Gasteiger partial charge on any atom is -0.497 e. The van der Waals surface area contributed by atoms with Gasteiger partial charge in [0.2, 0.25) is 0 Å². The fraction of sp³-hybridized carbons (Fsp3) is 0.292. The van der Waals surface area contributed by atoms with Crippen molar-refractivity contribution >= 4 is 34.6 Å².